The number of nitrogens with one attached hydrogen (secondary N) is 1. The molecular formula is C17H19NO4S. The van der Waals surface area contributed by atoms with E-state index < -0.39 is 10.1 Å². The lowest BCUT2D eigenvalue weighted by Gasteiger charge is -2.13. The Labute approximate surface area is 135 Å². The van der Waals surface area contributed by atoms with Gasteiger partial charge in [-0.25, -0.2) is 8.42 Å². The van der Waals surface area contributed by atoms with Gasteiger partial charge in [-0.15, -0.1) is 0 Å². The van der Waals surface area contributed by atoms with Crippen molar-refractivity contribution in [3.8, 4) is 0 Å². The third kappa shape index (κ3) is 3.72. The quantitative estimate of drug-likeness (QED) is 0.798. The van der Waals surface area contributed by atoms with Crippen molar-refractivity contribution in [2.75, 3.05) is 19.7 Å². The van der Waals surface area contributed by atoms with Gasteiger partial charge < -0.3 is 9.29 Å². The molecule has 1 atom stereocenters. The van der Waals surface area contributed by atoms with Gasteiger partial charge in [-0.1, -0.05) is 36.4 Å². The summed E-state index contributed by atoms with van der Waals surface area (Å²) >= 11 is 0. The van der Waals surface area contributed by atoms with E-state index in [4.69, 9.17) is 4.74 Å². The second-order valence-electron chi connectivity index (χ2n) is 5.59. The third-order valence-corrected chi connectivity index (χ3v) is 4.94. The van der Waals surface area contributed by atoms with E-state index >= 15 is 0 Å². The van der Waals surface area contributed by atoms with Crippen LogP contribution in [-0.4, -0.2) is 32.7 Å². The molecular weight excluding hydrogens is 314 g/mol. The zero-order valence-corrected chi connectivity index (χ0v) is 13.5. The van der Waals surface area contributed by atoms with Gasteiger partial charge in [-0.2, -0.15) is 0 Å². The third-order valence-electron chi connectivity index (χ3n) is 4.04. The topological polar surface area (TPSA) is 70.9 Å². The van der Waals surface area contributed by atoms with Crippen molar-refractivity contribution >= 4 is 20.9 Å². The Morgan fingerprint density at radius 2 is 1.83 bits per heavy atom. The molecule has 1 N–H and O–H groups in total. The Hall–Kier alpha value is -1.89. The van der Waals surface area contributed by atoms with E-state index in [-0.39, 0.29) is 4.90 Å². The van der Waals surface area contributed by atoms with Crippen LogP contribution in [0, 0.1) is 0 Å². The van der Waals surface area contributed by atoms with Crippen LogP contribution in [0.3, 0.4) is 0 Å². The van der Waals surface area contributed by atoms with Gasteiger partial charge in [0.15, 0.2) is 0 Å². The van der Waals surface area contributed by atoms with Gasteiger partial charge in [0.05, 0.1) is 11.4 Å². The average Bonchev–Trinajstić information content (AvgIpc) is 3.02. The highest BCUT2D eigenvalue weighted by molar-refractivity contribution is 7.86. The summed E-state index contributed by atoms with van der Waals surface area (Å²) < 4.78 is 38.1. The molecule has 4 rings (SSSR count). The molecule has 23 heavy (non-hydrogen) atoms. The molecule has 0 saturated carbocycles. The Bertz CT molecular complexity index is 824. The van der Waals surface area contributed by atoms with Gasteiger partial charge in [-0.3, -0.25) is 4.90 Å². The van der Waals surface area contributed by atoms with E-state index in [1.807, 2.05) is 0 Å². The molecule has 0 aromatic heterocycles. The minimum atomic E-state index is -4.38. The van der Waals surface area contributed by atoms with Crippen LogP contribution in [0.5, 0.6) is 0 Å². The average molecular weight is 333 g/mol. The van der Waals surface area contributed by atoms with Crippen LogP contribution in [0.2, 0.25) is 0 Å². The van der Waals surface area contributed by atoms with Crippen LogP contribution in [0.25, 0.3) is 10.8 Å². The fourth-order valence-corrected chi connectivity index (χ4v) is 3.62. The van der Waals surface area contributed by atoms with E-state index in [1.54, 1.807) is 41.3 Å². The van der Waals surface area contributed by atoms with Crippen molar-refractivity contribution in [2.45, 2.75) is 17.7 Å². The van der Waals surface area contributed by atoms with Crippen molar-refractivity contribution in [1.29, 1.82) is 0 Å². The van der Waals surface area contributed by atoms with Gasteiger partial charge in [0.1, 0.15) is 23.3 Å². The Morgan fingerprint density at radius 1 is 1.04 bits per heavy atom. The van der Waals surface area contributed by atoms with Crippen molar-refractivity contribution in [1.82, 2.24) is 0 Å². The summed E-state index contributed by atoms with van der Waals surface area (Å²) in [6, 6.07) is 11.5. The van der Waals surface area contributed by atoms with Crippen LogP contribution in [0.15, 0.2) is 59.3 Å². The van der Waals surface area contributed by atoms with E-state index in [1.165, 1.54) is 37.9 Å². The summed E-state index contributed by atoms with van der Waals surface area (Å²) in [5, 5.41) is 1.23. The highest BCUT2D eigenvalue weighted by atomic mass is 32.2. The first-order valence-corrected chi connectivity index (χ1v) is 9.08. The second kappa shape index (κ2) is 6.70. The summed E-state index contributed by atoms with van der Waals surface area (Å²) in [5.41, 5.74) is 0. The smallest absolute Gasteiger partial charge is 0.285 e. The summed E-state index contributed by atoms with van der Waals surface area (Å²) in [4.78, 5) is 1.40. The number of allylic oxidation sites excluding steroid dienone is 1. The Morgan fingerprint density at radius 3 is 2.61 bits per heavy atom. The van der Waals surface area contributed by atoms with Crippen LogP contribution in [0.1, 0.15) is 12.8 Å². The molecule has 1 saturated heterocycles. The zero-order chi connectivity index (χ0) is 16.3. The van der Waals surface area contributed by atoms with Crippen LogP contribution < -0.4 is 4.90 Å². The van der Waals surface area contributed by atoms with Crippen LogP contribution in [-0.2, 0) is 14.9 Å². The number of hydrogen-bond acceptors (Lipinski definition) is 4. The van der Waals surface area contributed by atoms with Crippen molar-refractivity contribution in [2.24, 2.45) is 0 Å². The normalized spacial score (nSPS) is 20.0. The fraction of sp³-hybridized carbons (Fsp3) is 0.294. The number of rotatable bonds is 1. The Balaban J connectivity index is 0.000000149. The molecule has 2 heterocycles. The summed E-state index contributed by atoms with van der Waals surface area (Å²) in [6.07, 6.45) is 4.78. The predicted octanol–water partition coefficient (Wildman–Crippen LogP) is 1.28. The summed E-state index contributed by atoms with van der Waals surface area (Å²) in [5.74, 6) is 1.21. The van der Waals surface area contributed by atoms with Gasteiger partial charge in [0.25, 0.3) is 5.88 Å². The molecule has 0 bridgehead atoms. The lowest BCUT2D eigenvalue weighted by Crippen LogP contribution is -3.09. The van der Waals surface area contributed by atoms with E-state index in [2.05, 4.69) is 6.08 Å². The minimum absolute atomic E-state index is 0.157. The molecule has 2 aliphatic rings. The molecule has 0 aliphatic carbocycles. The first-order chi connectivity index (χ1) is 11.1. The summed E-state index contributed by atoms with van der Waals surface area (Å²) in [7, 11) is -4.38. The fourth-order valence-electron chi connectivity index (χ4n) is 2.92. The number of benzene rings is 2. The zero-order valence-electron chi connectivity index (χ0n) is 12.7. The first kappa shape index (κ1) is 16.0. The standard InChI is InChI=1S/C10H8O3S.C7H11NO/c11-14(12,13)10-7-3-5-8-4-1-2-6-9(8)10;1-2-4-8-5-6-9-7(8)3-1/h1-7H,(H,11,12,13);3H,1-2,4-6H2. The lowest BCUT2D eigenvalue weighted by molar-refractivity contribution is -0.858. The van der Waals surface area contributed by atoms with Gasteiger partial charge in [-0.05, 0) is 23.3 Å². The molecule has 1 unspecified atom stereocenters. The van der Waals surface area contributed by atoms with Crippen LogP contribution in [0.4, 0.5) is 0 Å². The monoisotopic (exact) mass is 333 g/mol. The number of hydrogen-bond donors (Lipinski definition) is 1. The van der Waals surface area contributed by atoms with Gasteiger partial charge in [0, 0.05) is 12.5 Å². The van der Waals surface area contributed by atoms with Crippen molar-refractivity contribution in [3.05, 3.63) is 54.4 Å². The number of fused-ring (bicyclic) bond motifs is 2. The van der Waals surface area contributed by atoms with Crippen LogP contribution >= 0.6 is 0 Å². The first-order valence-electron chi connectivity index (χ1n) is 7.67. The lowest BCUT2D eigenvalue weighted by atomic mass is 10.1. The minimum Gasteiger partial charge on any atom is -0.744 e. The van der Waals surface area contributed by atoms with Gasteiger partial charge >= 0.3 is 0 Å². The van der Waals surface area contributed by atoms with E-state index in [0.717, 1.165) is 12.0 Å². The highest BCUT2D eigenvalue weighted by Crippen LogP contribution is 2.21. The maximum atomic E-state index is 10.9. The molecule has 1 fully saturated rings. The predicted molar refractivity (Wildman–Crippen MR) is 85.9 cm³/mol. The molecule has 6 heteroatoms. The Kier molecular flexibility index (Phi) is 4.66. The van der Waals surface area contributed by atoms with E-state index in [0.29, 0.717) is 5.39 Å². The SMILES string of the molecule is C1=C2OCC[NH+]2CCC1.O=S(=O)([O-])c1cccc2ccccc12. The molecule has 122 valence electrons. The molecule has 0 radical (unpaired) electrons. The van der Waals surface area contributed by atoms with Crippen molar-refractivity contribution < 1.29 is 22.6 Å². The molecule has 0 spiro atoms. The molecule has 0 amide bonds. The number of ether oxygens (including phenoxy) is 1. The number of quaternary nitrogens is 1. The molecule has 2 aromatic rings. The maximum Gasteiger partial charge on any atom is 0.285 e. The van der Waals surface area contributed by atoms with Crippen molar-refractivity contribution in [3.63, 3.8) is 0 Å². The van der Waals surface area contributed by atoms with Gasteiger partial charge in [0.2, 0.25) is 0 Å². The second-order valence-corrected chi connectivity index (χ2v) is 6.94. The maximum absolute atomic E-state index is 10.9. The molecule has 2 aliphatic heterocycles. The molecule has 5 nitrogen and oxygen atoms in total. The highest BCUT2D eigenvalue weighted by Gasteiger charge is 2.25. The summed E-state index contributed by atoms with van der Waals surface area (Å²) in [6.45, 7) is 3.40. The van der Waals surface area contributed by atoms with E-state index in [9.17, 15) is 13.0 Å². The molecule has 2 aromatic carbocycles. The largest absolute Gasteiger partial charge is 0.744 e.